The van der Waals surface area contributed by atoms with E-state index in [2.05, 4.69) is 13.2 Å². The second kappa shape index (κ2) is 14.9. The van der Waals surface area contributed by atoms with Crippen LogP contribution in [0.3, 0.4) is 0 Å². The molecule has 10 heteroatoms. The lowest BCUT2D eigenvalue weighted by Gasteiger charge is -2.03. The summed E-state index contributed by atoms with van der Waals surface area (Å²) in [4.78, 5) is 43.2. The molecule has 0 heterocycles. The number of esters is 2. The molecule has 0 radical (unpaired) electrons. The first kappa shape index (κ1) is 30.7. The van der Waals surface area contributed by atoms with E-state index in [0.717, 1.165) is 0 Å². The number of ether oxygens (including phenoxy) is 2. The molecule has 0 aliphatic rings. The highest BCUT2D eigenvalue weighted by atomic mass is 16.5. The summed E-state index contributed by atoms with van der Waals surface area (Å²) in [5.41, 5.74) is 0.866. The number of phenolic OH excluding ortho intramolecular Hbond substituents is 2. The Morgan fingerprint density at radius 3 is 1.03 bits per heavy atom. The van der Waals surface area contributed by atoms with Gasteiger partial charge in [-0.15, -0.1) is 0 Å². The number of benzene rings is 3. The van der Waals surface area contributed by atoms with E-state index in [0.29, 0.717) is 11.5 Å². The van der Waals surface area contributed by atoms with Crippen molar-refractivity contribution in [1.29, 1.82) is 0 Å². The highest BCUT2D eigenvalue weighted by Crippen LogP contribution is 2.15. The minimum Gasteiger partial charge on any atom is -0.508 e. The Bertz CT molecular complexity index is 1190. The molecule has 38 heavy (non-hydrogen) atoms. The molecule has 4 N–H and O–H groups in total. The molecule has 3 aromatic rings. The molecule has 0 unspecified atom stereocenters. The molecule has 0 atom stereocenters. The zero-order valence-electron chi connectivity index (χ0n) is 20.6. The average molecular weight is 523 g/mol. The van der Waals surface area contributed by atoms with Crippen LogP contribution in [0.4, 0.5) is 0 Å². The van der Waals surface area contributed by atoms with Crippen molar-refractivity contribution in [3.05, 3.63) is 108 Å². The maximum absolute atomic E-state index is 11.1. The van der Waals surface area contributed by atoms with E-state index in [1.807, 2.05) is 0 Å². The van der Waals surface area contributed by atoms with E-state index in [-0.39, 0.29) is 33.8 Å². The summed E-state index contributed by atoms with van der Waals surface area (Å²) in [6, 6.07) is 16.8. The number of hydrogen-bond acceptors (Lipinski definition) is 8. The predicted octanol–water partition coefficient (Wildman–Crippen LogP) is 4.83. The highest BCUT2D eigenvalue weighted by molar-refractivity contribution is 5.90. The lowest BCUT2D eigenvalue weighted by atomic mass is 10.2. The fraction of sp³-hybridized carbons (Fsp3) is 0.0714. The van der Waals surface area contributed by atoms with Crippen molar-refractivity contribution in [3.8, 4) is 23.0 Å². The maximum Gasteiger partial charge on any atom is 0.338 e. The molecule has 10 nitrogen and oxygen atoms in total. The average Bonchev–Trinajstić information content (AvgIpc) is 2.87. The number of aromatic hydroxyl groups is 2. The normalized spacial score (nSPS) is 9.32. The van der Waals surface area contributed by atoms with E-state index < -0.39 is 23.9 Å². The van der Waals surface area contributed by atoms with E-state index in [4.69, 9.17) is 29.9 Å². The minimum atomic E-state index is -1.02. The van der Waals surface area contributed by atoms with Gasteiger partial charge < -0.3 is 29.9 Å². The molecule has 198 valence electrons. The summed E-state index contributed by atoms with van der Waals surface area (Å²) in [6.07, 6.45) is 0. The fourth-order valence-corrected chi connectivity index (χ4v) is 2.17. The van der Waals surface area contributed by atoms with Crippen molar-refractivity contribution < 1.29 is 49.1 Å². The van der Waals surface area contributed by atoms with Crippen molar-refractivity contribution in [3.63, 3.8) is 0 Å². The van der Waals surface area contributed by atoms with E-state index in [1.54, 1.807) is 0 Å². The fourth-order valence-electron chi connectivity index (χ4n) is 2.17. The standard InChI is InChI=1S/2C11H10O4.C6H6O2/c2*1-7(2)11(14)15-9-5-3-8(4-6-9)10(12)13;7-5-1-2-6(8)4-3-5/h2*3-6H,1H2,2H3,(H,12,13);1-4,7-8H. The molecule has 3 rings (SSSR count). The van der Waals surface area contributed by atoms with Gasteiger partial charge in [-0.25, -0.2) is 19.2 Å². The Balaban J connectivity index is 0.000000298. The number of carboxylic acids is 2. The second-order valence-electron chi connectivity index (χ2n) is 7.52. The van der Waals surface area contributed by atoms with E-state index >= 15 is 0 Å². The van der Waals surface area contributed by atoms with Crippen LogP contribution in [0.25, 0.3) is 0 Å². The summed E-state index contributed by atoms with van der Waals surface area (Å²) in [7, 11) is 0. The number of carbonyl (C=O) groups is 4. The first-order valence-electron chi connectivity index (χ1n) is 10.7. The highest BCUT2D eigenvalue weighted by Gasteiger charge is 2.08. The number of aromatic carboxylic acids is 2. The van der Waals surface area contributed by atoms with Gasteiger partial charge >= 0.3 is 23.9 Å². The van der Waals surface area contributed by atoms with Crippen LogP contribution in [0, 0.1) is 0 Å². The quantitative estimate of drug-likeness (QED) is 0.152. The first-order chi connectivity index (χ1) is 17.8. The summed E-state index contributed by atoms with van der Waals surface area (Å²) in [5.74, 6) is -2.16. The number of carboxylic acid groups (broad SMARTS) is 2. The Kier molecular flexibility index (Phi) is 12.0. The van der Waals surface area contributed by atoms with Gasteiger partial charge in [-0.05, 0) is 86.6 Å². The van der Waals surface area contributed by atoms with Crippen LogP contribution in [0.5, 0.6) is 23.0 Å². The molecule has 0 saturated carbocycles. The summed E-state index contributed by atoms with van der Waals surface area (Å²) in [6.45, 7) is 9.93. The lowest BCUT2D eigenvalue weighted by Crippen LogP contribution is -2.08. The molecule has 0 amide bonds. The van der Waals surface area contributed by atoms with Gasteiger partial charge in [0.15, 0.2) is 0 Å². The van der Waals surface area contributed by atoms with Crippen molar-refractivity contribution >= 4 is 23.9 Å². The molecule has 0 fully saturated rings. The molecular formula is C28H26O10. The number of phenols is 2. The zero-order valence-corrected chi connectivity index (χ0v) is 20.6. The number of carbonyl (C=O) groups excluding carboxylic acids is 2. The van der Waals surface area contributed by atoms with Crippen LogP contribution in [-0.2, 0) is 9.59 Å². The molecule has 0 aromatic heterocycles. The third-order valence-electron chi connectivity index (χ3n) is 4.17. The Labute approximate surface area is 218 Å². The Morgan fingerprint density at radius 1 is 0.553 bits per heavy atom. The van der Waals surface area contributed by atoms with Gasteiger partial charge in [0.25, 0.3) is 0 Å². The van der Waals surface area contributed by atoms with Crippen molar-refractivity contribution in [2.75, 3.05) is 0 Å². The third-order valence-corrected chi connectivity index (χ3v) is 4.17. The van der Waals surface area contributed by atoms with Crippen LogP contribution in [0.15, 0.2) is 97.1 Å². The smallest absolute Gasteiger partial charge is 0.338 e. The van der Waals surface area contributed by atoms with Gasteiger partial charge in [-0.2, -0.15) is 0 Å². The summed E-state index contributed by atoms with van der Waals surface area (Å²) < 4.78 is 9.76. The van der Waals surface area contributed by atoms with Crippen LogP contribution < -0.4 is 9.47 Å². The lowest BCUT2D eigenvalue weighted by molar-refractivity contribution is -0.130. The van der Waals surface area contributed by atoms with E-state index in [1.165, 1.54) is 86.6 Å². The van der Waals surface area contributed by atoms with Crippen LogP contribution in [0.1, 0.15) is 34.6 Å². The Morgan fingerprint density at radius 2 is 0.816 bits per heavy atom. The first-order valence-corrected chi connectivity index (χ1v) is 10.7. The molecule has 0 saturated heterocycles. The van der Waals surface area contributed by atoms with Crippen molar-refractivity contribution in [1.82, 2.24) is 0 Å². The molecule has 3 aromatic carbocycles. The van der Waals surface area contributed by atoms with Crippen molar-refractivity contribution in [2.45, 2.75) is 13.8 Å². The van der Waals surface area contributed by atoms with Crippen LogP contribution in [0.2, 0.25) is 0 Å². The molecule has 0 spiro atoms. The van der Waals surface area contributed by atoms with Gasteiger partial charge in [0.2, 0.25) is 0 Å². The van der Waals surface area contributed by atoms with Gasteiger partial charge in [0.1, 0.15) is 23.0 Å². The predicted molar refractivity (Wildman–Crippen MR) is 137 cm³/mol. The minimum absolute atomic E-state index is 0.144. The molecule has 0 aliphatic carbocycles. The number of hydrogen-bond donors (Lipinski definition) is 4. The van der Waals surface area contributed by atoms with Crippen LogP contribution in [-0.4, -0.2) is 44.3 Å². The molecule has 0 aliphatic heterocycles. The zero-order chi connectivity index (χ0) is 28.8. The number of rotatable bonds is 6. The topological polar surface area (TPSA) is 168 Å². The monoisotopic (exact) mass is 522 g/mol. The SMILES string of the molecule is C=C(C)C(=O)Oc1ccc(C(=O)O)cc1.C=C(C)C(=O)Oc1ccc(C(=O)O)cc1.Oc1ccc(O)cc1. The van der Waals surface area contributed by atoms with Gasteiger partial charge in [0, 0.05) is 11.1 Å². The van der Waals surface area contributed by atoms with Gasteiger partial charge in [-0.1, -0.05) is 13.2 Å². The maximum atomic E-state index is 11.1. The Hall–Kier alpha value is -5.38. The third kappa shape index (κ3) is 11.4. The second-order valence-corrected chi connectivity index (χ2v) is 7.52. The molecular weight excluding hydrogens is 496 g/mol. The van der Waals surface area contributed by atoms with Crippen LogP contribution >= 0.6 is 0 Å². The largest absolute Gasteiger partial charge is 0.508 e. The molecule has 0 bridgehead atoms. The van der Waals surface area contributed by atoms with E-state index in [9.17, 15) is 19.2 Å². The summed E-state index contributed by atoms with van der Waals surface area (Å²) >= 11 is 0. The van der Waals surface area contributed by atoms with Gasteiger partial charge in [0.05, 0.1) is 11.1 Å². The van der Waals surface area contributed by atoms with Crippen molar-refractivity contribution in [2.24, 2.45) is 0 Å². The summed E-state index contributed by atoms with van der Waals surface area (Å²) in [5, 5.41) is 34.5. The van der Waals surface area contributed by atoms with Gasteiger partial charge in [-0.3, -0.25) is 0 Å².